The summed E-state index contributed by atoms with van der Waals surface area (Å²) >= 11 is 0.307. The van der Waals surface area contributed by atoms with Gasteiger partial charge in [-0.05, 0) is 0 Å². The van der Waals surface area contributed by atoms with Crippen molar-refractivity contribution in [1.82, 2.24) is 0 Å². The standard InChI is InChI=1S/C24H20OSe/c1-25-23-17-15-21(16-18-23)19-26-24(22-12-6-3-7-13-22)14-8-11-20-9-4-2-5-10-20/h2-7,9-10,12-18H,19H2,1H3/b24-14-. The Kier molecular flexibility index (Phi) is 6.73. The van der Waals surface area contributed by atoms with Crippen LogP contribution in [-0.4, -0.2) is 22.1 Å². The molecule has 0 aliphatic rings. The van der Waals surface area contributed by atoms with E-state index in [0.29, 0.717) is 15.0 Å². The first-order valence-electron chi connectivity index (χ1n) is 8.43. The Hall–Kier alpha value is -2.72. The topological polar surface area (TPSA) is 9.23 Å². The van der Waals surface area contributed by atoms with Crippen LogP contribution in [0.5, 0.6) is 5.75 Å². The average molecular weight is 403 g/mol. The third kappa shape index (κ3) is 5.39. The number of hydrogen-bond donors (Lipinski definition) is 0. The number of methoxy groups -OCH3 is 1. The molecular formula is C24H20OSe. The van der Waals surface area contributed by atoms with Crippen LogP contribution in [0.25, 0.3) is 4.47 Å². The van der Waals surface area contributed by atoms with Gasteiger partial charge in [-0.15, -0.1) is 0 Å². The van der Waals surface area contributed by atoms with Gasteiger partial charge < -0.3 is 0 Å². The van der Waals surface area contributed by atoms with Crippen molar-refractivity contribution >= 4 is 19.4 Å². The van der Waals surface area contributed by atoms with Crippen molar-refractivity contribution in [2.75, 3.05) is 7.11 Å². The third-order valence-corrected chi connectivity index (χ3v) is 6.20. The van der Waals surface area contributed by atoms with Crippen molar-refractivity contribution in [3.8, 4) is 17.6 Å². The maximum absolute atomic E-state index is 5.23. The molecule has 1 nitrogen and oxygen atoms in total. The summed E-state index contributed by atoms with van der Waals surface area (Å²) in [6, 6.07) is 28.9. The minimum absolute atomic E-state index is 0.307. The van der Waals surface area contributed by atoms with E-state index in [1.54, 1.807) is 7.11 Å². The van der Waals surface area contributed by atoms with Gasteiger partial charge in [-0.1, -0.05) is 0 Å². The fourth-order valence-corrected chi connectivity index (χ4v) is 4.41. The van der Waals surface area contributed by atoms with Gasteiger partial charge in [0.1, 0.15) is 0 Å². The van der Waals surface area contributed by atoms with Crippen LogP contribution in [0, 0.1) is 11.8 Å². The van der Waals surface area contributed by atoms with Gasteiger partial charge in [0.05, 0.1) is 0 Å². The number of rotatable bonds is 5. The fourth-order valence-electron chi connectivity index (χ4n) is 2.40. The molecule has 0 radical (unpaired) electrons. The van der Waals surface area contributed by atoms with Crippen LogP contribution in [0.4, 0.5) is 0 Å². The van der Waals surface area contributed by atoms with Crippen LogP contribution in [0.15, 0.2) is 91.0 Å². The predicted molar refractivity (Wildman–Crippen MR) is 110 cm³/mol. The molecule has 3 aromatic rings. The molecule has 0 heterocycles. The van der Waals surface area contributed by atoms with Gasteiger partial charge in [0.2, 0.25) is 0 Å². The molecule has 0 N–H and O–H groups in total. The van der Waals surface area contributed by atoms with Crippen LogP contribution in [-0.2, 0) is 5.32 Å². The summed E-state index contributed by atoms with van der Waals surface area (Å²) < 4.78 is 6.55. The minimum atomic E-state index is 0.307. The second-order valence-electron chi connectivity index (χ2n) is 5.65. The zero-order valence-corrected chi connectivity index (χ0v) is 16.4. The van der Waals surface area contributed by atoms with Crippen LogP contribution < -0.4 is 4.74 Å². The summed E-state index contributed by atoms with van der Waals surface area (Å²) in [4.78, 5) is 0. The molecule has 3 rings (SSSR count). The van der Waals surface area contributed by atoms with Crippen LogP contribution in [0.3, 0.4) is 0 Å². The fraction of sp³-hybridized carbons (Fsp3) is 0.0833. The molecule has 26 heavy (non-hydrogen) atoms. The van der Waals surface area contributed by atoms with Gasteiger partial charge in [-0.25, -0.2) is 0 Å². The number of allylic oxidation sites excluding steroid dienone is 1. The molecule has 0 atom stereocenters. The second-order valence-corrected chi connectivity index (χ2v) is 7.78. The number of hydrogen-bond acceptors (Lipinski definition) is 1. The SMILES string of the molecule is COc1ccc(C[Se]/C(=C\C#Cc2ccccc2)c2ccccc2)cc1. The summed E-state index contributed by atoms with van der Waals surface area (Å²) in [6.07, 6.45) is 2.08. The quantitative estimate of drug-likeness (QED) is 0.431. The molecule has 0 fully saturated rings. The van der Waals surface area contributed by atoms with Gasteiger partial charge >= 0.3 is 162 Å². The number of ether oxygens (including phenoxy) is 1. The number of benzene rings is 3. The van der Waals surface area contributed by atoms with Crippen molar-refractivity contribution < 1.29 is 4.74 Å². The molecule has 128 valence electrons. The molecule has 0 bridgehead atoms. The van der Waals surface area contributed by atoms with Crippen LogP contribution >= 0.6 is 0 Å². The monoisotopic (exact) mass is 404 g/mol. The third-order valence-electron chi connectivity index (χ3n) is 3.81. The van der Waals surface area contributed by atoms with Crippen molar-refractivity contribution in [3.63, 3.8) is 0 Å². The summed E-state index contributed by atoms with van der Waals surface area (Å²) in [5, 5.41) is 1.03. The average Bonchev–Trinajstić information content (AvgIpc) is 2.72. The molecule has 0 aromatic heterocycles. The van der Waals surface area contributed by atoms with E-state index < -0.39 is 0 Å². The Labute approximate surface area is 161 Å². The summed E-state index contributed by atoms with van der Waals surface area (Å²) in [5.74, 6) is 7.36. The van der Waals surface area contributed by atoms with E-state index in [-0.39, 0.29) is 0 Å². The van der Waals surface area contributed by atoms with E-state index in [1.807, 2.05) is 48.5 Å². The zero-order valence-electron chi connectivity index (χ0n) is 14.7. The second kappa shape index (κ2) is 9.68. The normalized spacial score (nSPS) is 10.7. The van der Waals surface area contributed by atoms with E-state index >= 15 is 0 Å². The molecule has 0 unspecified atom stereocenters. The summed E-state index contributed by atoms with van der Waals surface area (Å²) in [6.45, 7) is 0. The van der Waals surface area contributed by atoms with E-state index in [9.17, 15) is 0 Å². The van der Waals surface area contributed by atoms with Gasteiger partial charge in [0, 0.05) is 0 Å². The van der Waals surface area contributed by atoms with E-state index in [0.717, 1.165) is 16.6 Å². The van der Waals surface area contributed by atoms with Crippen molar-refractivity contribution in [3.05, 3.63) is 108 Å². The van der Waals surface area contributed by atoms with Crippen molar-refractivity contribution in [2.24, 2.45) is 0 Å². The van der Waals surface area contributed by atoms with Gasteiger partial charge in [-0.2, -0.15) is 0 Å². The van der Waals surface area contributed by atoms with Crippen molar-refractivity contribution in [2.45, 2.75) is 5.32 Å². The van der Waals surface area contributed by atoms with E-state index in [4.69, 9.17) is 4.74 Å². The molecule has 3 aromatic carbocycles. The zero-order chi connectivity index (χ0) is 18.0. The molecule has 0 aliphatic heterocycles. The van der Waals surface area contributed by atoms with Crippen molar-refractivity contribution in [1.29, 1.82) is 0 Å². The molecule has 0 saturated heterocycles. The molecule has 0 saturated carbocycles. The molecule has 0 amide bonds. The van der Waals surface area contributed by atoms with Crippen LogP contribution in [0.2, 0.25) is 0 Å². The first-order chi connectivity index (χ1) is 12.8. The Bertz CT molecular complexity index is 901. The Morgan fingerprint density at radius 1 is 0.885 bits per heavy atom. The Balaban J connectivity index is 1.77. The van der Waals surface area contributed by atoms with Gasteiger partial charge in [0.15, 0.2) is 0 Å². The Morgan fingerprint density at radius 2 is 1.54 bits per heavy atom. The molecular weight excluding hydrogens is 383 g/mol. The first kappa shape index (κ1) is 18.1. The summed E-state index contributed by atoms with van der Waals surface area (Å²) in [5.41, 5.74) is 3.62. The Morgan fingerprint density at radius 3 is 2.19 bits per heavy atom. The van der Waals surface area contributed by atoms with E-state index in [2.05, 4.69) is 54.3 Å². The first-order valence-corrected chi connectivity index (χ1v) is 10.5. The molecule has 0 aliphatic carbocycles. The van der Waals surface area contributed by atoms with Gasteiger partial charge in [0.25, 0.3) is 0 Å². The molecule has 2 heteroatoms. The summed E-state index contributed by atoms with van der Waals surface area (Å²) in [7, 11) is 1.70. The predicted octanol–water partition coefficient (Wildman–Crippen LogP) is 4.99. The van der Waals surface area contributed by atoms with Gasteiger partial charge in [-0.3, -0.25) is 0 Å². The van der Waals surface area contributed by atoms with Crippen LogP contribution in [0.1, 0.15) is 16.7 Å². The molecule has 0 spiro atoms. The maximum atomic E-state index is 5.23. The van der Waals surface area contributed by atoms with E-state index in [1.165, 1.54) is 15.6 Å².